The summed E-state index contributed by atoms with van der Waals surface area (Å²) in [7, 11) is 0. The topological polar surface area (TPSA) is 54.0 Å². The number of nitrogens with zero attached hydrogens (tertiary/aromatic N) is 1. The second kappa shape index (κ2) is 7.47. The molecule has 0 fully saturated rings. The van der Waals surface area contributed by atoms with Crippen LogP contribution in [0.3, 0.4) is 0 Å². The van der Waals surface area contributed by atoms with E-state index >= 15 is 0 Å². The van der Waals surface area contributed by atoms with Crippen LogP contribution in [0.1, 0.15) is 30.6 Å². The van der Waals surface area contributed by atoms with Crippen LogP contribution < -0.4 is 10.6 Å². The van der Waals surface area contributed by atoms with E-state index in [2.05, 4.69) is 29.5 Å². The zero-order valence-corrected chi connectivity index (χ0v) is 13.9. The van der Waals surface area contributed by atoms with Gasteiger partial charge in [-0.2, -0.15) is 0 Å². The van der Waals surface area contributed by atoms with Gasteiger partial charge in [-0.3, -0.25) is 9.78 Å². The van der Waals surface area contributed by atoms with Gasteiger partial charge in [0.2, 0.25) is 0 Å². The Morgan fingerprint density at radius 1 is 1.32 bits per heavy atom. The van der Waals surface area contributed by atoms with Gasteiger partial charge in [0, 0.05) is 18.4 Å². The van der Waals surface area contributed by atoms with Crippen LogP contribution in [0.2, 0.25) is 10.0 Å². The third kappa shape index (κ3) is 4.12. The molecule has 0 aliphatic heterocycles. The Labute approximate surface area is 139 Å². The Morgan fingerprint density at radius 3 is 2.82 bits per heavy atom. The molecule has 22 heavy (non-hydrogen) atoms. The van der Waals surface area contributed by atoms with Gasteiger partial charge in [0.25, 0.3) is 5.91 Å². The number of rotatable bonds is 5. The van der Waals surface area contributed by atoms with Crippen LogP contribution in [0.15, 0.2) is 36.7 Å². The molecule has 1 unspecified atom stereocenters. The predicted molar refractivity (Wildman–Crippen MR) is 92.0 cm³/mol. The molecule has 0 spiro atoms. The summed E-state index contributed by atoms with van der Waals surface area (Å²) in [5.41, 5.74) is 1.72. The fourth-order valence-corrected chi connectivity index (χ4v) is 2.17. The molecule has 116 valence electrons. The van der Waals surface area contributed by atoms with Crippen molar-refractivity contribution in [1.29, 1.82) is 0 Å². The number of hydrogen-bond acceptors (Lipinski definition) is 3. The van der Waals surface area contributed by atoms with Crippen LogP contribution in [0, 0.1) is 0 Å². The van der Waals surface area contributed by atoms with E-state index in [-0.39, 0.29) is 5.91 Å². The summed E-state index contributed by atoms with van der Waals surface area (Å²) < 4.78 is 0. The van der Waals surface area contributed by atoms with E-state index in [9.17, 15) is 4.79 Å². The first kappa shape index (κ1) is 16.6. The van der Waals surface area contributed by atoms with E-state index in [1.54, 1.807) is 30.5 Å². The number of hydrogen-bond donors (Lipinski definition) is 2. The normalized spacial score (nSPS) is 11.8. The lowest BCUT2D eigenvalue weighted by atomic mass is 10.2. The van der Waals surface area contributed by atoms with Crippen molar-refractivity contribution in [3.05, 3.63) is 52.3 Å². The van der Waals surface area contributed by atoms with Gasteiger partial charge in [-0.25, -0.2) is 0 Å². The van der Waals surface area contributed by atoms with E-state index in [4.69, 9.17) is 23.2 Å². The second-order valence-corrected chi connectivity index (χ2v) is 5.76. The number of aromatic nitrogens is 1. The van der Waals surface area contributed by atoms with Gasteiger partial charge in [-0.1, -0.05) is 36.2 Å². The first-order valence-corrected chi connectivity index (χ1v) is 7.73. The Kier molecular flexibility index (Phi) is 5.63. The summed E-state index contributed by atoms with van der Waals surface area (Å²) in [6, 6.07) is 7.15. The van der Waals surface area contributed by atoms with Crippen LogP contribution >= 0.6 is 23.2 Å². The van der Waals surface area contributed by atoms with Gasteiger partial charge >= 0.3 is 0 Å². The molecule has 0 aliphatic rings. The highest BCUT2D eigenvalue weighted by molar-refractivity contribution is 6.44. The number of benzene rings is 1. The maximum absolute atomic E-state index is 12.3. The number of amides is 1. The zero-order valence-electron chi connectivity index (χ0n) is 12.4. The van der Waals surface area contributed by atoms with Crippen molar-refractivity contribution in [2.24, 2.45) is 0 Å². The summed E-state index contributed by atoms with van der Waals surface area (Å²) in [4.78, 5) is 16.4. The van der Waals surface area contributed by atoms with Gasteiger partial charge < -0.3 is 10.6 Å². The van der Waals surface area contributed by atoms with E-state index in [1.807, 2.05) is 0 Å². The molecule has 0 aliphatic carbocycles. The van der Waals surface area contributed by atoms with Gasteiger partial charge in [0.15, 0.2) is 0 Å². The van der Waals surface area contributed by atoms with Crippen LogP contribution in [-0.2, 0) is 0 Å². The summed E-state index contributed by atoms with van der Waals surface area (Å²) >= 11 is 12.0. The number of carbonyl (C=O) groups excluding carboxylic acids is 1. The van der Waals surface area contributed by atoms with Gasteiger partial charge in [-0.05, 0) is 31.5 Å². The van der Waals surface area contributed by atoms with Crippen molar-refractivity contribution >= 4 is 40.5 Å². The maximum Gasteiger partial charge on any atom is 0.257 e. The van der Waals surface area contributed by atoms with Gasteiger partial charge in [0.05, 0.1) is 27.0 Å². The van der Waals surface area contributed by atoms with E-state index in [0.717, 1.165) is 12.1 Å². The molecule has 6 heteroatoms. The Balaban J connectivity index is 2.16. The molecule has 4 nitrogen and oxygen atoms in total. The van der Waals surface area contributed by atoms with Crippen LogP contribution in [0.5, 0.6) is 0 Å². The van der Waals surface area contributed by atoms with Crippen LogP contribution in [0.25, 0.3) is 0 Å². The summed E-state index contributed by atoms with van der Waals surface area (Å²) in [6.07, 6.45) is 4.18. The fourth-order valence-electron chi connectivity index (χ4n) is 1.82. The van der Waals surface area contributed by atoms with Crippen molar-refractivity contribution < 1.29 is 4.79 Å². The van der Waals surface area contributed by atoms with Gasteiger partial charge in [-0.15, -0.1) is 0 Å². The van der Waals surface area contributed by atoms with Crippen molar-refractivity contribution in [2.45, 2.75) is 26.3 Å². The molecule has 1 amide bonds. The maximum atomic E-state index is 12.3. The molecule has 0 radical (unpaired) electrons. The second-order valence-electron chi connectivity index (χ2n) is 4.97. The Morgan fingerprint density at radius 2 is 2.09 bits per heavy atom. The summed E-state index contributed by atoms with van der Waals surface area (Å²) in [5.74, 6) is -0.288. The number of anilines is 2. The molecule has 0 bridgehead atoms. The van der Waals surface area contributed by atoms with Crippen LogP contribution in [0.4, 0.5) is 11.4 Å². The highest BCUT2D eigenvalue weighted by Gasteiger charge is 2.11. The lowest BCUT2D eigenvalue weighted by molar-refractivity contribution is 0.102. The smallest absolute Gasteiger partial charge is 0.257 e. The van der Waals surface area contributed by atoms with E-state index in [1.165, 1.54) is 6.20 Å². The first-order valence-electron chi connectivity index (χ1n) is 6.98. The van der Waals surface area contributed by atoms with Crippen LogP contribution in [-0.4, -0.2) is 16.9 Å². The zero-order chi connectivity index (χ0) is 16.1. The molecule has 1 heterocycles. The van der Waals surface area contributed by atoms with Crippen molar-refractivity contribution in [1.82, 2.24) is 4.98 Å². The predicted octanol–water partition coefficient (Wildman–Crippen LogP) is 4.85. The monoisotopic (exact) mass is 337 g/mol. The minimum Gasteiger partial charge on any atom is -0.381 e. The fraction of sp³-hybridized carbons (Fsp3) is 0.250. The third-order valence-electron chi connectivity index (χ3n) is 3.23. The Hall–Kier alpha value is -1.78. The largest absolute Gasteiger partial charge is 0.381 e. The third-order valence-corrected chi connectivity index (χ3v) is 4.04. The number of carbonyl (C=O) groups is 1. The summed E-state index contributed by atoms with van der Waals surface area (Å²) in [5, 5.41) is 6.73. The minimum atomic E-state index is -0.288. The number of halogens is 2. The lowest BCUT2D eigenvalue weighted by Crippen LogP contribution is -2.16. The highest BCUT2D eigenvalue weighted by atomic mass is 35.5. The molecule has 1 aromatic carbocycles. The molecule has 2 N–H and O–H groups in total. The Bertz CT molecular complexity index is 676. The van der Waals surface area contributed by atoms with Crippen molar-refractivity contribution in [3.8, 4) is 0 Å². The van der Waals surface area contributed by atoms with Gasteiger partial charge in [0.1, 0.15) is 0 Å². The molecule has 0 saturated heterocycles. The van der Waals surface area contributed by atoms with E-state index < -0.39 is 0 Å². The minimum absolute atomic E-state index is 0.288. The first-order chi connectivity index (χ1) is 10.5. The molecule has 1 aromatic heterocycles. The average Bonchev–Trinajstić information content (AvgIpc) is 2.52. The molecule has 2 aromatic rings. The standard InChI is InChI=1S/C16H17Cl2N3O/c1-3-10(2)20-12-7-11(8-19-9-12)16(22)21-14-6-4-5-13(17)15(14)18/h4-10,20H,3H2,1-2H3,(H,21,22). The molecule has 1 atom stereocenters. The highest BCUT2D eigenvalue weighted by Crippen LogP contribution is 2.29. The number of pyridine rings is 1. The molecular weight excluding hydrogens is 321 g/mol. The lowest BCUT2D eigenvalue weighted by Gasteiger charge is -2.13. The van der Waals surface area contributed by atoms with Crippen molar-refractivity contribution in [2.75, 3.05) is 10.6 Å². The molecular formula is C16H17Cl2N3O. The molecule has 2 rings (SSSR count). The average molecular weight is 338 g/mol. The van der Waals surface area contributed by atoms with Crippen molar-refractivity contribution in [3.63, 3.8) is 0 Å². The number of nitrogens with one attached hydrogen (secondary N) is 2. The quantitative estimate of drug-likeness (QED) is 0.819. The molecule has 0 saturated carbocycles. The SMILES string of the molecule is CCC(C)Nc1cncc(C(=O)Nc2cccc(Cl)c2Cl)c1. The van der Waals surface area contributed by atoms with E-state index in [0.29, 0.717) is 27.3 Å². The summed E-state index contributed by atoms with van der Waals surface area (Å²) in [6.45, 7) is 4.15.